The van der Waals surface area contributed by atoms with Crippen LogP contribution in [0.15, 0.2) is 0 Å². The lowest BCUT2D eigenvalue weighted by molar-refractivity contribution is -0.150. The summed E-state index contributed by atoms with van der Waals surface area (Å²) in [4.78, 5) is 24.1. The zero-order valence-electron chi connectivity index (χ0n) is 8.35. The Hall–Kier alpha value is -1.02. The fourth-order valence-electron chi connectivity index (χ4n) is 0.659. The van der Waals surface area contributed by atoms with E-state index in [0.29, 0.717) is 26.1 Å². The highest BCUT2D eigenvalue weighted by atomic mass is 16.7. The molecule has 0 bridgehead atoms. The van der Waals surface area contributed by atoms with Crippen molar-refractivity contribution in [3.05, 3.63) is 0 Å². The number of nitrogens with two attached hydrogens (primary N) is 1. The van der Waals surface area contributed by atoms with Crippen LogP contribution in [-0.2, 0) is 28.6 Å². The van der Waals surface area contributed by atoms with Gasteiger partial charge in [-0.15, -0.1) is 0 Å². The van der Waals surface area contributed by atoms with Gasteiger partial charge in [0.2, 0.25) is 0 Å². The molecule has 0 aromatic heterocycles. The van der Waals surface area contributed by atoms with E-state index < -0.39 is 5.97 Å². The highest BCUT2D eigenvalue weighted by Crippen LogP contribution is 1.81. The van der Waals surface area contributed by atoms with E-state index in [1.54, 1.807) is 0 Å². The second-order valence-electron chi connectivity index (χ2n) is 2.40. The molecule has 0 spiro atoms. The molecule has 0 aliphatic rings. The summed E-state index contributed by atoms with van der Waals surface area (Å²) in [6, 6.07) is 0. The third-order valence-corrected chi connectivity index (χ3v) is 1.28. The third kappa shape index (κ3) is 10.9. The SMILES string of the molecule is NOC(=O)COCCOCCOCC=O. The van der Waals surface area contributed by atoms with Gasteiger partial charge in [0.1, 0.15) is 19.5 Å². The van der Waals surface area contributed by atoms with Crippen molar-refractivity contribution in [2.45, 2.75) is 0 Å². The predicted octanol–water partition coefficient (Wildman–Crippen LogP) is -1.35. The molecule has 0 aromatic carbocycles. The van der Waals surface area contributed by atoms with Gasteiger partial charge in [-0.1, -0.05) is 0 Å². The Morgan fingerprint density at radius 1 is 1.07 bits per heavy atom. The van der Waals surface area contributed by atoms with Crippen LogP contribution >= 0.6 is 0 Å². The first-order chi connectivity index (χ1) is 7.31. The topological polar surface area (TPSA) is 97.1 Å². The average Bonchev–Trinajstić information content (AvgIpc) is 2.26. The molecular formula is C8H15NO6. The molecule has 0 heterocycles. The molecule has 0 atom stereocenters. The molecule has 0 unspecified atom stereocenters. The summed E-state index contributed by atoms with van der Waals surface area (Å²) in [5.41, 5.74) is 0. The third-order valence-electron chi connectivity index (χ3n) is 1.28. The number of rotatable bonds is 10. The van der Waals surface area contributed by atoms with Gasteiger partial charge in [-0.05, 0) is 0 Å². The van der Waals surface area contributed by atoms with Crippen molar-refractivity contribution in [1.29, 1.82) is 0 Å². The Morgan fingerprint density at radius 2 is 1.67 bits per heavy atom. The number of hydrogen-bond acceptors (Lipinski definition) is 7. The standard InChI is InChI=1S/C8H15NO6/c9-15-8(11)7-14-6-5-13-4-3-12-2-1-10/h1H,2-7,9H2. The minimum Gasteiger partial charge on any atom is -0.377 e. The summed E-state index contributed by atoms with van der Waals surface area (Å²) in [6.45, 7) is 1.21. The first kappa shape index (κ1) is 14.0. The lowest BCUT2D eigenvalue weighted by Gasteiger charge is -2.04. The number of ether oxygens (including phenoxy) is 3. The van der Waals surface area contributed by atoms with Crippen molar-refractivity contribution in [2.24, 2.45) is 5.90 Å². The molecule has 0 saturated carbocycles. The first-order valence-electron chi connectivity index (χ1n) is 4.37. The maximum atomic E-state index is 10.5. The average molecular weight is 221 g/mol. The smallest absolute Gasteiger partial charge is 0.350 e. The molecule has 0 aromatic rings. The van der Waals surface area contributed by atoms with Crippen LogP contribution in [0.5, 0.6) is 0 Å². The van der Waals surface area contributed by atoms with Crippen molar-refractivity contribution >= 4 is 12.3 Å². The summed E-state index contributed by atoms with van der Waals surface area (Å²) in [6.07, 6.45) is 0.668. The molecular weight excluding hydrogens is 206 g/mol. The molecule has 7 nitrogen and oxygen atoms in total. The summed E-state index contributed by atoms with van der Waals surface area (Å²) in [5, 5.41) is 0. The van der Waals surface area contributed by atoms with Gasteiger partial charge in [0, 0.05) is 0 Å². The van der Waals surface area contributed by atoms with Crippen LogP contribution < -0.4 is 5.90 Å². The zero-order valence-corrected chi connectivity index (χ0v) is 8.35. The van der Waals surface area contributed by atoms with E-state index in [4.69, 9.17) is 14.2 Å². The van der Waals surface area contributed by atoms with Crippen LogP contribution in [0.25, 0.3) is 0 Å². The molecule has 0 saturated heterocycles. The minimum absolute atomic E-state index is 0.0716. The monoisotopic (exact) mass is 221 g/mol. The van der Waals surface area contributed by atoms with Crippen LogP contribution in [0.4, 0.5) is 0 Å². The lowest BCUT2D eigenvalue weighted by atomic mass is 10.7. The second kappa shape index (κ2) is 11.1. The van der Waals surface area contributed by atoms with Gasteiger partial charge in [-0.2, -0.15) is 5.90 Å². The van der Waals surface area contributed by atoms with Crippen molar-refractivity contribution in [3.8, 4) is 0 Å². The molecule has 0 fully saturated rings. The van der Waals surface area contributed by atoms with Crippen molar-refractivity contribution in [3.63, 3.8) is 0 Å². The second-order valence-corrected chi connectivity index (χ2v) is 2.40. The number of carbonyl (C=O) groups is 2. The van der Waals surface area contributed by atoms with Crippen molar-refractivity contribution in [2.75, 3.05) is 39.6 Å². The molecule has 2 N–H and O–H groups in total. The maximum Gasteiger partial charge on any atom is 0.350 e. The van der Waals surface area contributed by atoms with Crippen LogP contribution in [0.1, 0.15) is 0 Å². The van der Waals surface area contributed by atoms with Gasteiger partial charge in [-0.3, -0.25) is 0 Å². The van der Waals surface area contributed by atoms with Crippen LogP contribution in [0.3, 0.4) is 0 Å². The maximum absolute atomic E-state index is 10.5. The first-order valence-corrected chi connectivity index (χ1v) is 4.37. The van der Waals surface area contributed by atoms with Gasteiger partial charge in [0.15, 0.2) is 0 Å². The van der Waals surface area contributed by atoms with E-state index in [2.05, 4.69) is 10.7 Å². The molecule has 0 radical (unpaired) electrons. The van der Waals surface area contributed by atoms with Crippen LogP contribution in [0.2, 0.25) is 0 Å². The van der Waals surface area contributed by atoms with E-state index in [0.717, 1.165) is 0 Å². The molecule has 0 aliphatic carbocycles. The number of hydrogen-bond donors (Lipinski definition) is 1. The molecule has 7 heteroatoms. The predicted molar refractivity (Wildman–Crippen MR) is 48.8 cm³/mol. The van der Waals surface area contributed by atoms with Gasteiger partial charge in [0.25, 0.3) is 0 Å². The Bertz CT molecular complexity index is 175. The Labute approximate surface area is 87.4 Å². The van der Waals surface area contributed by atoms with Gasteiger partial charge in [0.05, 0.1) is 26.4 Å². The highest BCUT2D eigenvalue weighted by Gasteiger charge is 1.99. The largest absolute Gasteiger partial charge is 0.377 e. The summed E-state index contributed by atoms with van der Waals surface area (Å²) < 4.78 is 14.7. The fraction of sp³-hybridized carbons (Fsp3) is 0.750. The quantitative estimate of drug-likeness (QED) is 0.277. The van der Waals surface area contributed by atoms with Crippen LogP contribution in [-0.4, -0.2) is 51.9 Å². The molecule has 0 aliphatic heterocycles. The van der Waals surface area contributed by atoms with Gasteiger partial charge < -0.3 is 23.8 Å². The van der Waals surface area contributed by atoms with E-state index >= 15 is 0 Å². The number of carbonyl (C=O) groups excluding carboxylic acids is 2. The van der Waals surface area contributed by atoms with E-state index in [1.807, 2.05) is 0 Å². The van der Waals surface area contributed by atoms with Crippen molar-refractivity contribution in [1.82, 2.24) is 0 Å². The van der Waals surface area contributed by atoms with Crippen molar-refractivity contribution < 1.29 is 28.6 Å². The lowest BCUT2D eigenvalue weighted by Crippen LogP contribution is -2.18. The molecule has 88 valence electrons. The Kier molecular flexibility index (Phi) is 10.3. The number of aldehydes is 1. The Balaban J connectivity index is 2.98. The van der Waals surface area contributed by atoms with Gasteiger partial charge in [-0.25, -0.2) is 4.79 Å². The Morgan fingerprint density at radius 3 is 2.27 bits per heavy atom. The molecule has 0 amide bonds. The zero-order chi connectivity index (χ0) is 11.4. The summed E-state index contributed by atoms with van der Waals surface area (Å²) in [7, 11) is 0. The minimum atomic E-state index is -0.635. The van der Waals surface area contributed by atoms with Crippen LogP contribution in [0, 0.1) is 0 Å². The van der Waals surface area contributed by atoms with E-state index in [9.17, 15) is 9.59 Å². The molecule has 0 rings (SSSR count). The van der Waals surface area contributed by atoms with E-state index in [1.165, 1.54) is 0 Å². The highest BCUT2D eigenvalue weighted by molar-refractivity contribution is 5.70. The van der Waals surface area contributed by atoms with Gasteiger partial charge >= 0.3 is 5.97 Å². The summed E-state index contributed by atoms with van der Waals surface area (Å²) in [5.74, 6) is 3.94. The van der Waals surface area contributed by atoms with E-state index in [-0.39, 0.29) is 19.8 Å². The fourth-order valence-corrected chi connectivity index (χ4v) is 0.659. The molecule has 15 heavy (non-hydrogen) atoms. The normalized spacial score (nSPS) is 9.93. The summed E-state index contributed by atoms with van der Waals surface area (Å²) >= 11 is 0.